The van der Waals surface area contributed by atoms with E-state index in [1.807, 2.05) is 18.2 Å². The lowest BCUT2D eigenvalue weighted by Crippen LogP contribution is -2.02. The van der Waals surface area contributed by atoms with Crippen LogP contribution >= 0.6 is 0 Å². The number of aromatic nitrogens is 3. The zero-order valence-corrected chi connectivity index (χ0v) is 8.46. The molecule has 0 spiro atoms. The van der Waals surface area contributed by atoms with Gasteiger partial charge in [0.15, 0.2) is 5.69 Å². The minimum absolute atomic E-state index is 0.312. The summed E-state index contributed by atoms with van der Waals surface area (Å²) in [6.45, 7) is 0.633. The van der Waals surface area contributed by atoms with Crippen LogP contribution < -0.4 is 5.32 Å². The van der Waals surface area contributed by atoms with Crippen molar-refractivity contribution in [2.45, 2.75) is 6.54 Å². The van der Waals surface area contributed by atoms with E-state index in [0.717, 1.165) is 5.56 Å². The summed E-state index contributed by atoms with van der Waals surface area (Å²) in [4.78, 5) is 4.01. The monoisotopic (exact) mass is 211 g/mol. The van der Waals surface area contributed by atoms with Gasteiger partial charge in [0.25, 0.3) is 0 Å². The van der Waals surface area contributed by atoms with Gasteiger partial charge < -0.3 is 5.32 Å². The molecule has 0 amide bonds. The van der Waals surface area contributed by atoms with E-state index in [2.05, 4.69) is 20.5 Å². The highest BCUT2D eigenvalue weighted by Crippen LogP contribution is 2.04. The highest BCUT2D eigenvalue weighted by Gasteiger charge is 1.96. The molecular weight excluding hydrogens is 202 g/mol. The van der Waals surface area contributed by atoms with E-state index < -0.39 is 0 Å². The van der Waals surface area contributed by atoms with Gasteiger partial charge in [-0.15, -0.1) is 10.2 Å². The minimum Gasteiger partial charge on any atom is -0.364 e. The molecule has 0 aliphatic carbocycles. The molecule has 0 aliphatic heterocycles. The summed E-state index contributed by atoms with van der Waals surface area (Å²) in [5, 5.41) is 19.2. The second-order valence-electron chi connectivity index (χ2n) is 3.13. The molecule has 0 atom stereocenters. The number of rotatable bonds is 3. The Hall–Kier alpha value is -2.48. The van der Waals surface area contributed by atoms with Crippen molar-refractivity contribution in [2.24, 2.45) is 0 Å². The fourth-order valence-electron chi connectivity index (χ4n) is 1.18. The lowest BCUT2D eigenvalue weighted by molar-refractivity contribution is 0.982. The van der Waals surface area contributed by atoms with Gasteiger partial charge in [0.05, 0.1) is 0 Å². The molecule has 2 rings (SSSR count). The molecular formula is C11H9N5. The van der Waals surface area contributed by atoms with Crippen LogP contribution in [0.2, 0.25) is 0 Å². The van der Waals surface area contributed by atoms with Crippen molar-refractivity contribution in [2.75, 3.05) is 5.32 Å². The summed E-state index contributed by atoms with van der Waals surface area (Å²) < 4.78 is 0. The van der Waals surface area contributed by atoms with E-state index in [0.29, 0.717) is 18.1 Å². The Morgan fingerprint density at radius 3 is 2.81 bits per heavy atom. The number of pyridine rings is 1. The highest BCUT2D eigenvalue weighted by atomic mass is 15.2. The second kappa shape index (κ2) is 4.84. The molecule has 0 radical (unpaired) electrons. The first kappa shape index (κ1) is 10.1. The van der Waals surface area contributed by atoms with Crippen molar-refractivity contribution in [3.05, 3.63) is 47.9 Å². The molecule has 1 N–H and O–H groups in total. The third kappa shape index (κ3) is 2.51. The van der Waals surface area contributed by atoms with Gasteiger partial charge >= 0.3 is 0 Å². The molecule has 2 aromatic heterocycles. The first-order chi connectivity index (χ1) is 7.88. The smallest absolute Gasteiger partial charge is 0.163 e. The van der Waals surface area contributed by atoms with Gasteiger partial charge in [-0.2, -0.15) is 5.26 Å². The number of anilines is 1. The molecule has 0 saturated heterocycles. The number of nitrogens with zero attached hydrogens (tertiary/aromatic N) is 4. The fourth-order valence-corrected chi connectivity index (χ4v) is 1.18. The van der Waals surface area contributed by atoms with E-state index >= 15 is 0 Å². The molecule has 2 heterocycles. The minimum atomic E-state index is 0.312. The summed E-state index contributed by atoms with van der Waals surface area (Å²) >= 11 is 0. The zero-order valence-electron chi connectivity index (χ0n) is 8.46. The number of nitriles is 1. The van der Waals surface area contributed by atoms with Crippen LogP contribution in [0.1, 0.15) is 11.3 Å². The van der Waals surface area contributed by atoms with Gasteiger partial charge in [0.1, 0.15) is 11.9 Å². The summed E-state index contributed by atoms with van der Waals surface area (Å²) in [6, 6.07) is 9.11. The topological polar surface area (TPSA) is 74.5 Å². The molecule has 0 fully saturated rings. The molecule has 5 heteroatoms. The normalized spacial score (nSPS) is 9.44. The van der Waals surface area contributed by atoms with Crippen molar-refractivity contribution in [3.63, 3.8) is 0 Å². The summed E-state index contributed by atoms with van der Waals surface area (Å²) in [7, 11) is 0. The maximum Gasteiger partial charge on any atom is 0.163 e. The molecule has 78 valence electrons. The van der Waals surface area contributed by atoms with Crippen LogP contribution in [-0.4, -0.2) is 15.2 Å². The Morgan fingerprint density at radius 2 is 2.19 bits per heavy atom. The molecule has 2 aromatic rings. The van der Waals surface area contributed by atoms with Crippen molar-refractivity contribution < 1.29 is 0 Å². The van der Waals surface area contributed by atoms with Crippen LogP contribution in [0.15, 0.2) is 36.7 Å². The SMILES string of the molecule is N#Cc1ccc(NCc2cccnc2)nn1. The summed E-state index contributed by atoms with van der Waals surface area (Å²) in [5.41, 5.74) is 1.38. The van der Waals surface area contributed by atoms with Gasteiger partial charge in [-0.1, -0.05) is 6.07 Å². The standard InChI is InChI=1S/C11H9N5/c12-6-10-3-4-11(16-15-10)14-8-9-2-1-5-13-7-9/h1-5,7H,8H2,(H,14,16). The highest BCUT2D eigenvalue weighted by molar-refractivity contribution is 5.36. The van der Waals surface area contributed by atoms with Crippen LogP contribution in [-0.2, 0) is 6.54 Å². The summed E-state index contributed by atoms with van der Waals surface area (Å²) in [5.74, 6) is 0.642. The number of nitrogens with one attached hydrogen (secondary N) is 1. The third-order valence-corrected chi connectivity index (χ3v) is 1.98. The molecule has 0 bridgehead atoms. The second-order valence-corrected chi connectivity index (χ2v) is 3.13. The van der Waals surface area contributed by atoms with Crippen LogP contribution in [0.4, 0.5) is 5.82 Å². The van der Waals surface area contributed by atoms with E-state index in [1.54, 1.807) is 24.5 Å². The number of hydrogen-bond acceptors (Lipinski definition) is 5. The predicted octanol–water partition coefficient (Wildman–Crippen LogP) is 1.36. The van der Waals surface area contributed by atoms with Crippen molar-refractivity contribution in [1.29, 1.82) is 5.26 Å². The molecule has 5 nitrogen and oxygen atoms in total. The Labute approximate surface area is 92.8 Å². The maximum absolute atomic E-state index is 8.56. The van der Waals surface area contributed by atoms with Crippen molar-refractivity contribution in [3.8, 4) is 6.07 Å². The molecule has 0 aromatic carbocycles. The van der Waals surface area contributed by atoms with Crippen LogP contribution in [0, 0.1) is 11.3 Å². The third-order valence-electron chi connectivity index (χ3n) is 1.98. The van der Waals surface area contributed by atoms with E-state index in [-0.39, 0.29) is 0 Å². The van der Waals surface area contributed by atoms with E-state index in [9.17, 15) is 0 Å². The van der Waals surface area contributed by atoms with Gasteiger partial charge in [-0.3, -0.25) is 4.98 Å². The van der Waals surface area contributed by atoms with E-state index in [4.69, 9.17) is 5.26 Å². The van der Waals surface area contributed by atoms with Gasteiger partial charge in [-0.25, -0.2) is 0 Å². The van der Waals surface area contributed by atoms with Crippen molar-refractivity contribution >= 4 is 5.82 Å². The van der Waals surface area contributed by atoms with E-state index in [1.165, 1.54) is 0 Å². The maximum atomic E-state index is 8.56. The average Bonchev–Trinajstić information content (AvgIpc) is 2.38. The lowest BCUT2D eigenvalue weighted by Gasteiger charge is -2.03. The molecule has 16 heavy (non-hydrogen) atoms. The predicted molar refractivity (Wildman–Crippen MR) is 58.3 cm³/mol. The van der Waals surface area contributed by atoms with Gasteiger partial charge in [0.2, 0.25) is 0 Å². The van der Waals surface area contributed by atoms with Gasteiger partial charge in [-0.05, 0) is 23.8 Å². The Kier molecular flexibility index (Phi) is 3.04. The van der Waals surface area contributed by atoms with Gasteiger partial charge in [0, 0.05) is 18.9 Å². The Morgan fingerprint density at radius 1 is 1.25 bits per heavy atom. The zero-order chi connectivity index (χ0) is 11.2. The quantitative estimate of drug-likeness (QED) is 0.829. The lowest BCUT2D eigenvalue weighted by atomic mass is 10.3. The molecule has 0 saturated carbocycles. The van der Waals surface area contributed by atoms with Crippen LogP contribution in [0.25, 0.3) is 0 Å². The van der Waals surface area contributed by atoms with Crippen LogP contribution in [0.5, 0.6) is 0 Å². The Bertz CT molecular complexity index is 486. The summed E-state index contributed by atoms with van der Waals surface area (Å²) in [6.07, 6.45) is 3.51. The largest absolute Gasteiger partial charge is 0.364 e. The molecule has 0 unspecified atom stereocenters. The van der Waals surface area contributed by atoms with Crippen molar-refractivity contribution in [1.82, 2.24) is 15.2 Å². The number of hydrogen-bond donors (Lipinski definition) is 1. The fraction of sp³-hybridized carbons (Fsp3) is 0.0909. The first-order valence-electron chi connectivity index (χ1n) is 4.75. The Balaban J connectivity index is 1.98. The van der Waals surface area contributed by atoms with Crippen LogP contribution in [0.3, 0.4) is 0 Å². The average molecular weight is 211 g/mol. The first-order valence-corrected chi connectivity index (χ1v) is 4.75. The molecule has 0 aliphatic rings.